The lowest BCUT2D eigenvalue weighted by atomic mass is 9.80. The molecule has 17 heavy (non-hydrogen) atoms. The molecule has 0 bridgehead atoms. The molecule has 1 aliphatic rings. The van der Waals surface area contributed by atoms with Gasteiger partial charge in [0.05, 0.1) is 10.6 Å². The molecule has 0 unspecified atom stereocenters. The van der Waals surface area contributed by atoms with Crippen LogP contribution in [0.5, 0.6) is 0 Å². The molecule has 1 aliphatic carbocycles. The lowest BCUT2D eigenvalue weighted by Crippen LogP contribution is -2.43. The van der Waals surface area contributed by atoms with Gasteiger partial charge < -0.3 is 15.5 Å². The Kier molecular flexibility index (Phi) is 3.22. The largest absolute Gasteiger partial charge is 0.476 e. The number of aromatic nitrogens is 1. The molecule has 5 nitrogen and oxygen atoms in total. The van der Waals surface area contributed by atoms with Crippen LogP contribution < -0.4 is 5.32 Å². The average Bonchev–Trinajstić information content (AvgIpc) is 2.25. The van der Waals surface area contributed by atoms with E-state index in [0.717, 1.165) is 19.3 Å². The molecule has 6 heteroatoms. The van der Waals surface area contributed by atoms with Crippen molar-refractivity contribution in [3.05, 3.63) is 22.8 Å². The highest BCUT2D eigenvalue weighted by atomic mass is 35.5. The van der Waals surface area contributed by atoms with Crippen molar-refractivity contribution in [1.29, 1.82) is 0 Å². The van der Waals surface area contributed by atoms with Crippen molar-refractivity contribution < 1.29 is 15.0 Å². The fourth-order valence-electron chi connectivity index (χ4n) is 1.71. The van der Waals surface area contributed by atoms with Crippen LogP contribution in [0, 0.1) is 0 Å². The van der Waals surface area contributed by atoms with Crippen LogP contribution in [0.2, 0.25) is 5.02 Å². The highest BCUT2D eigenvalue weighted by Gasteiger charge is 2.34. The van der Waals surface area contributed by atoms with Crippen LogP contribution in [0.15, 0.2) is 12.1 Å². The van der Waals surface area contributed by atoms with Crippen LogP contribution in [0.25, 0.3) is 0 Å². The lowest BCUT2D eigenvalue weighted by Gasteiger charge is -2.36. The molecule has 0 aliphatic heterocycles. The highest BCUT2D eigenvalue weighted by molar-refractivity contribution is 6.33. The molecule has 0 amide bonds. The van der Waals surface area contributed by atoms with Crippen LogP contribution in [-0.2, 0) is 0 Å². The zero-order valence-electron chi connectivity index (χ0n) is 9.11. The molecule has 0 aromatic carbocycles. The quantitative estimate of drug-likeness (QED) is 0.765. The molecule has 1 fully saturated rings. The van der Waals surface area contributed by atoms with E-state index in [1.54, 1.807) is 6.07 Å². The summed E-state index contributed by atoms with van der Waals surface area (Å²) in [6.45, 7) is 0.376. The van der Waals surface area contributed by atoms with Gasteiger partial charge in [-0.1, -0.05) is 11.6 Å². The summed E-state index contributed by atoms with van der Waals surface area (Å²) in [5.41, 5.74) is -0.859. The Balaban J connectivity index is 2.06. The molecule has 0 atom stereocenters. The van der Waals surface area contributed by atoms with E-state index in [1.165, 1.54) is 6.07 Å². The number of aromatic carboxylic acids is 1. The van der Waals surface area contributed by atoms with E-state index in [9.17, 15) is 9.90 Å². The van der Waals surface area contributed by atoms with Crippen molar-refractivity contribution in [2.45, 2.75) is 24.9 Å². The molecule has 2 rings (SSSR count). The third-order valence-corrected chi connectivity index (χ3v) is 3.24. The maximum Gasteiger partial charge on any atom is 0.356 e. The first-order valence-corrected chi connectivity index (χ1v) is 5.74. The van der Waals surface area contributed by atoms with Gasteiger partial charge in [0.2, 0.25) is 0 Å². The van der Waals surface area contributed by atoms with E-state index in [0.29, 0.717) is 12.4 Å². The summed E-state index contributed by atoms with van der Waals surface area (Å²) in [7, 11) is 0. The number of carboxylic acid groups (broad SMARTS) is 1. The van der Waals surface area contributed by atoms with Gasteiger partial charge in [0, 0.05) is 6.54 Å². The number of aliphatic hydroxyl groups is 1. The Labute approximate surface area is 103 Å². The van der Waals surface area contributed by atoms with Gasteiger partial charge in [-0.2, -0.15) is 0 Å². The van der Waals surface area contributed by atoms with E-state index < -0.39 is 11.6 Å². The van der Waals surface area contributed by atoms with Crippen molar-refractivity contribution in [3.8, 4) is 0 Å². The summed E-state index contributed by atoms with van der Waals surface area (Å²) >= 11 is 5.70. The minimum absolute atomic E-state index is 0.102. The number of nitrogens with zero attached hydrogens (tertiary/aromatic N) is 1. The van der Waals surface area contributed by atoms with Crippen LogP contribution in [0.4, 0.5) is 5.82 Å². The number of hydrogen-bond donors (Lipinski definition) is 3. The zero-order chi connectivity index (χ0) is 12.5. The number of carboxylic acids is 1. The summed E-state index contributed by atoms with van der Waals surface area (Å²) in [6, 6.07) is 3.07. The van der Waals surface area contributed by atoms with Gasteiger partial charge in [0.1, 0.15) is 5.82 Å². The van der Waals surface area contributed by atoms with Crippen molar-refractivity contribution in [1.82, 2.24) is 4.98 Å². The summed E-state index contributed by atoms with van der Waals surface area (Å²) in [5, 5.41) is 21.8. The minimum Gasteiger partial charge on any atom is -0.476 e. The Morgan fingerprint density at radius 1 is 1.53 bits per heavy atom. The topological polar surface area (TPSA) is 82.5 Å². The van der Waals surface area contributed by atoms with Crippen LogP contribution in [0.3, 0.4) is 0 Å². The third-order valence-electron chi connectivity index (χ3n) is 2.93. The van der Waals surface area contributed by atoms with Gasteiger partial charge in [-0.25, -0.2) is 9.78 Å². The van der Waals surface area contributed by atoms with Gasteiger partial charge in [-0.15, -0.1) is 0 Å². The maximum absolute atomic E-state index is 10.8. The zero-order valence-corrected chi connectivity index (χ0v) is 9.87. The monoisotopic (exact) mass is 256 g/mol. The number of carbonyl (C=O) groups is 1. The fraction of sp³-hybridized carbons (Fsp3) is 0.455. The van der Waals surface area contributed by atoms with E-state index in [4.69, 9.17) is 16.7 Å². The Bertz CT molecular complexity index is 446. The molecule has 1 saturated carbocycles. The predicted molar refractivity (Wildman–Crippen MR) is 63.5 cm³/mol. The third kappa shape index (κ3) is 2.68. The van der Waals surface area contributed by atoms with Crippen molar-refractivity contribution in [2.75, 3.05) is 11.9 Å². The van der Waals surface area contributed by atoms with E-state index in [1.807, 2.05) is 0 Å². The van der Waals surface area contributed by atoms with E-state index in [2.05, 4.69) is 10.3 Å². The maximum atomic E-state index is 10.8. The average molecular weight is 257 g/mol. The molecule has 0 saturated heterocycles. The summed E-state index contributed by atoms with van der Waals surface area (Å²) in [6.07, 6.45) is 2.55. The molecular weight excluding hydrogens is 244 g/mol. The molecule has 1 aromatic heterocycles. The standard InChI is InChI=1S/C11H13ClN2O3/c12-7-2-3-8(14-9(7)10(15)16)13-6-11(17)4-1-5-11/h2-3,17H,1,4-6H2,(H,13,14)(H,15,16). The molecule has 1 heterocycles. The van der Waals surface area contributed by atoms with Gasteiger partial charge in [0.25, 0.3) is 0 Å². The Morgan fingerprint density at radius 2 is 2.24 bits per heavy atom. The first-order chi connectivity index (χ1) is 8.00. The summed E-state index contributed by atoms with van der Waals surface area (Å²) in [5.74, 6) is -0.756. The number of hydrogen-bond acceptors (Lipinski definition) is 4. The smallest absolute Gasteiger partial charge is 0.356 e. The normalized spacial score (nSPS) is 17.3. The first-order valence-electron chi connectivity index (χ1n) is 5.36. The van der Waals surface area contributed by atoms with Gasteiger partial charge in [-0.05, 0) is 31.4 Å². The molecular formula is C11H13ClN2O3. The van der Waals surface area contributed by atoms with E-state index >= 15 is 0 Å². The van der Waals surface area contributed by atoms with Gasteiger partial charge in [0.15, 0.2) is 5.69 Å². The van der Waals surface area contributed by atoms with E-state index in [-0.39, 0.29) is 10.7 Å². The second kappa shape index (κ2) is 4.50. The van der Waals surface area contributed by atoms with Crippen molar-refractivity contribution in [3.63, 3.8) is 0 Å². The number of rotatable bonds is 4. The Morgan fingerprint density at radius 3 is 2.76 bits per heavy atom. The van der Waals surface area contributed by atoms with Gasteiger partial charge >= 0.3 is 5.97 Å². The van der Waals surface area contributed by atoms with Crippen LogP contribution in [0.1, 0.15) is 29.8 Å². The molecule has 0 spiro atoms. The fourth-order valence-corrected chi connectivity index (χ4v) is 1.89. The minimum atomic E-state index is -1.17. The second-order valence-corrected chi connectivity index (χ2v) is 4.67. The van der Waals surface area contributed by atoms with Crippen molar-refractivity contribution in [2.24, 2.45) is 0 Å². The first kappa shape index (κ1) is 12.1. The number of halogens is 1. The van der Waals surface area contributed by atoms with Crippen molar-refractivity contribution >= 4 is 23.4 Å². The Hall–Kier alpha value is -1.33. The molecule has 0 radical (unpaired) electrons. The second-order valence-electron chi connectivity index (χ2n) is 4.26. The molecule has 1 aromatic rings. The molecule has 92 valence electrons. The molecule has 3 N–H and O–H groups in total. The predicted octanol–water partition coefficient (Wildman–Crippen LogP) is 1.76. The van der Waals surface area contributed by atoms with Gasteiger partial charge in [-0.3, -0.25) is 0 Å². The highest BCUT2D eigenvalue weighted by Crippen LogP contribution is 2.31. The number of anilines is 1. The summed E-state index contributed by atoms with van der Waals surface area (Å²) < 4.78 is 0. The number of nitrogens with one attached hydrogen (secondary N) is 1. The van der Waals surface area contributed by atoms with Crippen LogP contribution >= 0.6 is 11.6 Å². The number of pyridine rings is 1. The summed E-state index contributed by atoms with van der Waals surface area (Å²) in [4.78, 5) is 14.7. The SMILES string of the molecule is O=C(O)c1nc(NCC2(O)CCC2)ccc1Cl. The van der Waals surface area contributed by atoms with Crippen LogP contribution in [-0.4, -0.2) is 33.3 Å². The lowest BCUT2D eigenvalue weighted by molar-refractivity contribution is -0.0202.